The van der Waals surface area contributed by atoms with Gasteiger partial charge in [-0.1, -0.05) is 18.2 Å². The van der Waals surface area contributed by atoms with E-state index in [1.807, 2.05) is 43.5 Å². The highest BCUT2D eigenvalue weighted by Crippen LogP contribution is 2.16. The van der Waals surface area contributed by atoms with Gasteiger partial charge in [-0.05, 0) is 25.5 Å². The number of nitrogens with one attached hydrogen (secondary N) is 1. The van der Waals surface area contributed by atoms with E-state index >= 15 is 0 Å². The lowest BCUT2D eigenvalue weighted by atomic mass is 10.2. The summed E-state index contributed by atoms with van der Waals surface area (Å²) in [5.41, 5.74) is 2.12. The lowest BCUT2D eigenvalue weighted by Crippen LogP contribution is -2.30. The lowest BCUT2D eigenvalue weighted by molar-refractivity contribution is 0.544. The Morgan fingerprint density at radius 2 is 2.10 bits per heavy atom. The van der Waals surface area contributed by atoms with E-state index in [-0.39, 0.29) is 11.8 Å². The van der Waals surface area contributed by atoms with Gasteiger partial charge in [0.25, 0.3) is 0 Å². The largest absolute Gasteiger partial charge is 0.307 e. The first kappa shape index (κ1) is 14.3. The molecule has 1 aromatic carbocycles. The Labute approximate surface area is 124 Å². The Balaban J connectivity index is 1.75. The molecule has 1 unspecified atom stereocenters. The monoisotopic (exact) mass is 305 g/mol. The van der Waals surface area contributed by atoms with Crippen LogP contribution in [0.15, 0.2) is 36.5 Å². The van der Waals surface area contributed by atoms with E-state index in [1.165, 1.54) is 0 Å². The number of imidazole rings is 1. The topological polar surface area (TPSA) is 64.0 Å². The van der Waals surface area contributed by atoms with E-state index in [0.717, 1.165) is 17.2 Å². The van der Waals surface area contributed by atoms with E-state index in [0.29, 0.717) is 18.7 Å². The van der Waals surface area contributed by atoms with Crippen molar-refractivity contribution in [3.63, 3.8) is 0 Å². The molecular weight excluding hydrogens is 286 g/mol. The Morgan fingerprint density at radius 3 is 2.76 bits per heavy atom. The number of aromatic nitrogens is 2. The minimum atomic E-state index is -2.84. The molecule has 1 fully saturated rings. The summed E-state index contributed by atoms with van der Waals surface area (Å²) in [7, 11) is -2.84. The Morgan fingerprint density at radius 1 is 1.33 bits per heavy atom. The first-order chi connectivity index (χ1) is 10.1. The van der Waals surface area contributed by atoms with Crippen molar-refractivity contribution in [1.82, 2.24) is 14.9 Å². The van der Waals surface area contributed by atoms with E-state index in [1.54, 1.807) is 0 Å². The maximum absolute atomic E-state index is 11.5. The van der Waals surface area contributed by atoms with Gasteiger partial charge < -0.3 is 5.32 Å². The Bertz CT molecular complexity index is 723. The van der Waals surface area contributed by atoms with Gasteiger partial charge in [0.1, 0.15) is 5.82 Å². The van der Waals surface area contributed by atoms with Gasteiger partial charge in [-0.25, -0.2) is 13.4 Å². The molecule has 2 aromatic rings. The number of hydrogen-bond donors (Lipinski definition) is 1. The molecule has 0 amide bonds. The molecule has 1 aromatic heterocycles. The minimum absolute atomic E-state index is 0.0504. The van der Waals surface area contributed by atoms with E-state index in [2.05, 4.69) is 14.9 Å². The first-order valence-electron chi connectivity index (χ1n) is 7.07. The van der Waals surface area contributed by atoms with Gasteiger partial charge >= 0.3 is 0 Å². The van der Waals surface area contributed by atoms with Crippen LogP contribution in [0, 0.1) is 6.92 Å². The van der Waals surface area contributed by atoms with Crippen LogP contribution >= 0.6 is 0 Å². The maximum atomic E-state index is 11.5. The molecule has 1 N–H and O–H groups in total. The molecule has 1 aliphatic rings. The van der Waals surface area contributed by atoms with Crippen molar-refractivity contribution >= 4 is 9.84 Å². The van der Waals surface area contributed by atoms with Crippen LogP contribution in [0.1, 0.15) is 17.9 Å². The van der Waals surface area contributed by atoms with Crippen LogP contribution in [0.4, 0.5) is 0 Å². The zero-order valence-electron chi connectivity index (χ0n) is 12.0. The zero-order valence-corrected chi connectivity index (χ0v) is 12.8. The SMILES string of the molecule is Cc1ncc(CNC2CCS(=O)(=O)C2)n1-c1ccccc1. The highest BCUT2D eigenvalue weighted by Gasteiger charge is 2.27. The molecule has 1 saturated heterocycles. The van der Waals surface area contributed by atoms with Gasteiger partial charge in [0.2, 0.25) is 0 Å². The predicted molar refractivity (Wildman–Crippen MR) is 82.2 cm³/mol. The summed E-state index contributed by atoms with van der Waals surface area (Å²) in [4.78, 5) is 4.37. The van der Waals surface area contributed by atoms with Crippen LogP contribution < -0.4 is 5.32 Å². The van der Waals surface area contributed by atoms with Gasteiger partial charge in [-0.2, -0.15) is 0 Å². The number of sulfone groups is 1. The summed E-state index contributed by atoms with van der Waals surface area (Å²) in [6.45, 7) is 2.59. The van der Waals surface area contributed by atoms with Gasteiger partial charge in [-0.3, -0.25) is 4.57 Å². The fourth-order valence-electron chi connectivity index (χ4n) is 2.75. The molecule has 21 heavy (non-hydrogen) atoms. The maximum Gasteiger partial charge on any atom is 0.151 e. The molecular formula is C15H19N3O2S. The van der Waals surface area contributed by atoms with Crippen molar-refractivity contribution in [2.24, 2.45) is 0 Å². The average Bonchev–Trinajstić information content (AvgIpc) is 3.00. The third kappa shape index (κ3) is 3.16. The standard InChI is InChI=1S/C15H19N3O2S/c1-12-16-9-15(18(12)14-5-3-2-4-6-14)10-17-13-7-8-21(19,20)11-13/h2-6,9,13,17H,7-8,10-11H2,1H3. The molecule has 1 aliphatic heterocycles. The lowest BCUT2D eigenvalue weighted by Gasteiger charge is -2.13. The molecule has 0 radical (unpaired) electrons. The Hall–Kier alpha value is -1.66. The van der Waals surface area contributed by atoms with Crippen molar-refractivity contribution in [1.29, 1.82) is 0 Å². The van der Waals surface area contributed by atoms with Crippen molar-refractivity contribution in [2.75, 3.05) is 11.5 Å². The second-order valence-corrected chi connectivity index (χ2v) is 7.68. The fraction of sp³-hybridized carbons (Fsp3) is 0.400. The zero-order chi connectivity index (χ0) is 14.9. The summed E-state index contributed by atoms with van der Waals surface area (Å²) in [6.07, 6.45) is 2.54. The number of rotatable bonds is 4. The van der Waals surface area contributed by atoms with Gasteiger partial charge in [-0.15, -0.1) is 0 Å². The molecule has 5 nitrogen and oxygen atoms in total. The van der Waals surface area contributed by atoms with Crippen LogP contribution in [-0.4, -0.2) is 35.5 Å². The average molecular weight is 305 g/mol. The Kier molecular flexibility index (Phi) is 3.82. The van der Waals surface area contributed by atoms with Crippen LogP contribution in [0.2, 0.25) is 0 Å². The molecule has 0 saturated carbocycles. The molecule has 3 rings (SSSR count). The predicted octanol–water partition coefficient (Wildman–Crippen LogP) is 1.46. The summed E-state index contributed by atoms with van der Waals surface area (Å²) in [5, 5.41) is 3.34. The van der Waals surface area contributed by atoms with Crippen molar-refractivity contribution in [3.05, 3.63) is 48.0 Å². The number of nitrogens with zero attached hydrogens (tertiary/aromatic N) is 2. The number of aryl methyl sites for hydroxylation is 1. The van der Waals surface area contributed by atoms with Crippen molar-refractivity contribution in [3.8, 4) is 5.69 Å². The van der Waals surface area contributed by atoms with E-state index in [9.17, 15) is 8.42 Å². The van der Waals surface area contributed by atoms with E-state index < -0.39 is 9.84 Å². The quantitative estimate of drug-likeness (QED) is 0.929. The highest BCUT2D eigenvalue weighted by molar-refractivity contribution is 7.91. The molecule has 0 spiro atoms. The molecule has 112 valence electrons. The van der Waals surface area contributed by atoms with E-state index in [4.69, 9.17) is 0 Å². The molecule has 1 atom stereocenters. The van der Waals surface area contributed by atoms with Crippen LogP contribution in [0.3, 0.4) is 0 Å². The van der Waals surface area contributed by atoms with Gasteiger partial charge in [0.15, 0.2) is 9.84 Å². The first-order valence-corrected chi connectivity index (χ1v) is 8.90. The second-order valence-electron chi connectivity index (χ2n) is 5.45. The van der Waals surface area contributed by atoms with Crippen LogP contribution in [0.5, 0.6) is 0 Å². The molecule has 0 bridgehead atoms. The minimum Gasteiger partial charge on any atom is -0.307 e. The summed E-state index contributed by atoms with van der Waals surface area (Å²) in [5.74, 6) is 1.46. The normalized spacial score (nSPS) is 20.7. The third-order valence-electron chi connectivity index (χ3n) is 3.83. The van der Waals surface area contributed by atoms with Crippen molar-refractivity contribution in [2.45, 2.75) is 25.9 Å². The summed E-state index contributed by atoms with van der Waals surface area (Å²) < 4.78 is 25.1. The van der Waals surface area contributed by atoms with Gasteiger partial charge in [0, 0.05) is 18.3 Å². The van der Waals surface area contributed by atoms with Gasteiger partial charge in [0.05, 0.1) is 23.4 Å². The molecule has 6 heteroatoms. The molecule has 0 aliphatic carbocycles. The second kappa shape index (κ2) is 5.61. The van der Waals surface area contributed by atoms with Crippen LogP contribution in [-0.2, 0) is 16.4 Å². The smallest absolute Gasteiger partial charge is 0.151 e. The summed E-state index contributed by atoms with van der Waals surface area (Å²) in [6, 6.07) is 10.1. The number of hydrogen-bond acceptors (Lipinski definition) is 4. The van der Waals surface area contributed by atoms with Crippen molar-refractivity contribution < 1.29 is 8.42 Å². The number of benzene rings is 1. The fourth-order valence-corrected chi connectivity index (χ4v) is 4.46. The summed E-state index contributed by atoms with van der Waals surface area (Å²) >= 11 is 0. The third-order valence-corrected chi connectivity index (χ3v) is 5.60. The molecule has 2 heterocycles. The number of para-hydroxylation sites is 1. The highest BCUT2D eigenvalue weighted by atomic mass is 32.2. The van der Waals surface area contributed by atoms with Crippen LogP contribution in [0.25, 0.3) is 5.69 Å².